The molecule has 1 aliphatic heterocycles. The summed E-state index contributed by atoms with van der Waals surface area (Å²) in [6.45, 7) is 2.53. The van der Waals surface area contributed by atoms with Crippen LogP contribution >= 0.6 is 0 Å². The molecule has 1 aromatic carbocycles. The van der Waals surface area contributed by atoms with Gasteiger partial charge in [-0.05, 0) is 44.6 Å². The molecule has 1 fully saturated rings. The highest BCUT2D eigenvalue weighted by molar-refractivity contribution is 5.33. The minimum atomic E-state index is -0.234. The molecule has 3 nitrogen and oxygen atoms in total. The summed E-state index contributed by atoms with van der Waals surface area (Å²) < 4.78 is 13.7. The molecule has 1 atom stereocenters. The van der Waals surface area contributed by atoms with Gasteiger partial charge in [0.25, 0.3) is 0 Å². The predicted octanol–water partition coefficient (Wildman–Crippen LogP) is 2.27. The molecule has 4 heteroatoms. The van der Waals surface area contributed by atoms with Crippen molar-refractivity contribution in [1.29, 1.82) is 5.26 Å². The van der Waals surface area contributed by atoms with Crippen LogP contribution in [0.15, 0.2) is 18.2 Å². The number of benzene rings is 1. The lowest BCUT2D eigenvalue weighted by atomic mass is 10.0. The molecule has 19 heavy (non-hydrogen) atoms. The fraction of sp³-hybridized carbons (Fsp3) is 0.533. The third-order valence-corrected chi connectivity index (χ3v) is 3.56. The van der Waals surface area contributed by atoms with Crippen LogP contribution < -0.4 is 5.32 Å². The Morgan fingerprint density at radius 1 is 1.47 bits per heavy atom. The van der Waals surface area contributed by atoms with Gasteiger partial charge in [-0.2, -0.15) is 5.26 Å². The molecular weight excluding hydrogens is 241 g/mol. The second kappa shape index (κ2) is 6.65. The SMILES string of the molecule is CN(Cc1cc(C#N)ccc1F)CC1CCCCN1. The van der Waals surface area contributed by atoms with Crippen LogP contribution in [0.3, 0.4) is 0 Å². The van der Waals surface area contributed by atoms with Gasteiger partial charge in [-0.25, -0.2) is 4.39 Å². The van der Waals surface area contributed by atoms with E-state index in [0.717, 1.165) is 13.1 Å². The zero-order chi connectivity index (χ0) is 13.7. The molecule has 1 aromatic rings. The van der Waals surface area contributed by atoms with Crippen molar-refractivity contribution in [3.05, 3.63) is 35.1 Å². The van der Waals surface area contributed by atoms with Crippen LogP contribution in [0.25, 0.3) is 0 Å². The van der Waals surface area contributed by atoms with E-state index in [4.69, 9.17) is 5.26 Å². The summed E-state index contributed by atoms with van der Waals surface area (Å²) >= 11 is 0. The molecule has 102 valence electrons. The second-order valence-corrected chi connectivity index (χ2v) is 5.26. The van der Waals surface area contributed by atoms with E-state index in [1.807, 2.05) is 7.05 Å². The summed E-state index contributed by atoms with van der Waals surface area (Å²) in [5, 5.41) is 12.3. The fourth-order valence-electron chi connectivity index (χ4n) is 2.58. The molecule has 0 spiro atoms. The molecule has 0 radical (unpaired) electrons. The van der Waals surface area contributed by atoms with Gasteiger partial charge in [0.1, 0.15) is 5.82 Å². The van der Waals surface area contributed by atoms with Gasteiger partial charge in [-0.1, -0.05) is 6.42 Å². The van der Waals surface area contributed by atoms with Gasteiger partial charge >= 0.3 is 0 Å². The minimum Gasteiger partial charge on any atom is -0.313 e. The van der Waals surface area contributed by atoms with Gasteiger partial charge in [0.2, 0.25) is 0 Å². The Hall–Kier alpha value is -1.44. The van der Waals surface area contributed by atoms with Crippen LogP contribution in [0.2, 0.25) is 0 Å². The first-order valence-corrected chi connectivity index (χ1v) is 6.79. The predicted molar refractivity (Wildman–Crippen MR) is 73.1 cm³/mol. The Balaban J connectivity index is 1.94. The highest BCUT2D eigenvalue weighted by Gasteiger charge is 2.15. The molecule has 1 aliphatic rings. The van der Waals surface area contributed by atoms with E-state index in [2.05, 4.69) is 16.3 Å². The van der Waals surface area contributed by atoms with Crippen LogP contribution in [0, 0.1) is 17.1 Å². The second-order valence-electron chi connectivity index (χ2n) is 5.26. The molecule has 1 heterocycles. The number of nitriles is 1. The lowest BCUT2D eigenvalue weighted by Crippen LogP contribution is -2.42. The Morgan fingerprint density at radius 3 is 3.00 bits per heavy atom. The highest BCUT2D eigenvalue weighted by atomic mass is 19.1. The van der Waals surface area contributed by atoms with Crippen LogP contribution in [0.5, 0.6) is 0 Å². The Bertz CT molecular complexity index is 461. The topological polar surface area (TPSA) is 39.1 Å². The van der Waals surface area contributed by atoms with Gasteiger partial charge in [-0.15, -0.1) is 0 Å². The standard InChI is InChI=1S/C15H20FN3/c1-19(11-14-4-2-3-7-18-14)10-13-8-12(9-17)5-6-15(13)16/h5-6,8,14,18H,2-4,7,10-11H2,1H3. The number of likely N-dealkylation sites (N-methyl/N-ethyl adjacent to an activating group) is 1. The number of halogens is 1. The molecule has 2 rings (SSSR count). The first kappa shape index (κ1) is 14.0. The van der Waals surface area contributed by atoms with Gasteiger partial charge in [0.15, 0.2) is 0 Å². The molecule has 1 unspecified atom stereocenters. The number of hydrogen-bond acceptors (Lipinski definition) is 3. The average molecular weight is 261 g/mol. The lowest BCUT2D eigenvalue weighted by molar-refractivity contribution is 0.254. The maximum absolute atomic E-state index is 13.7. The summed E-state index contributed by atoms with van der Waals surface area (Å²) in [5.74, 6) is -0.234. The van der Waals surface area contributed by atoms with E-state index >= 15 is 0 Å². The largest absolute Gasteiger partial charge is 0.313 e. The molecular formula is C15H20FN3. The number of hydrogen-bond donors (Lipinski definition) is 1. The third-order valence-electron chi connectivity index (χ3n) is 3.56. The highest BCUT2D eigenvalue weighted by Crippen LogP contribution is 2.14. The Morgan fingerprint density at radius 2 is 2.32 bits per heavy atom. The molecule has 1 N–H and O–H groups in total. The first-order valence-electron chi connectivity index (χ1n) is 6.79. The van der Waals surface area contributed by atoms with E-state index in [1.54, 1.807) is 6.07 Å². The van der Waals surface area contributed by atoms with Crippen molar-refractivity contribution in [1.82, 2.24) is 10.2 Å². The van der Waals surface area contributed by atoms with E-state index in [0.29, 0.717) is 23.7 Å². The molecule has 1 saturated heterocycles. The number of piperidine rings is 1. The van der Waals surface area contributed by atoms with E-state index < -0.39 is 0 Å². The summed E-state index contributed by atoms with van der Waals surface area (Å²) in [7, 11) is 1.99. The first-order chi connectivity index (χ1) is 9.19. The lowest BCUT2D eigenvalue weighted by Gasteiger charge is -2.28. The van der Waals surface area contributed by atoms with Crippen LogP contribution in [0.4, 0.5) is 4.39 Å². The molecule has 0 aliphatic carbocycles. The van der Waals surface area contributed by atoms with Crippen molar-refractivity contribution in [3.8, 4) is 6.07 Å². The maximum Gasteiger partial charge on any atom is 0.127 e. The average Bonchev–Trinajstić information content (AvgIpc) is 2.42. The van der Waals surface area contributed by atoms with Gasteiger partial charge in [0, 0.05) is 24.7 Å². The van der Waals surface area contributed by atoms with Crippen molar-refractivity contribution in [2.45, 2.75) is 31.8 Å². The molecule has 0 amide bonds. The molecule has 0 bridgehead atoms. The summed E-state index contributed by atoms with van der Waals surface area (Å²) in [6, 6.07) is 7.08. The van der Waals surface area contributed by atoms with E-state index in [9.17, 15) is 4.39 Å². The van der Waals surface area contributed by atoms with Gasteiger partial charge in [-0.3, -0.25) is 0 Å². The summed E-state index contributed by atoms with van der Waals surface area (Å²) in [5.41, 5.74) is 1.11. The normalized spacial score (nSPS) is 19.4. The van der Waals surface area contributed by atoms with Crippen molar-refractivity contribution in [3.63, 3.8) is 0 Å². The fourth-order valence-corrected chi connectivity index (χ4v) is 2.58. The van der Waals surface area contributed by atoms with E-state index in [1.165, 1.54) is 31.4 Å². The monoisotopic (exact) mass is 261 g/mol. The van der Waals surface area contributed by atoms with Crippen LogP contribution in [-0.4, -0.2) is 31.1 Å². The van der Waals surface area contributed by atoms with Crippen molar-refractivity contribution < 1.29 is 4.39 Å². The number of rotatable bonds is 4. The van der Waals surface area contributed by atoms with Crippen molar-refractivity contribution in [2.75, 3.05) is 20.1 Å². The summed E-state index contributed by atoms with van der Waals surface area (Å²) in [4.78, 5) is 2.11. The van der Waals surface area contributed by atoms with Crippen LogP contribution in [-0.2, 0) is 6.54 Å². The zero-order valence-electron chi connectivity index (χ0n) is 11.3. The van der Waals surface area contributed by atoms with Crippen LogP contribution in [0.1, 0.15) is 30.4 Å². The minimum absolute atomic E-state index is 0.234. The number of nitrogens with one attached hydrogen (secondary N) is 1. The molecule has 0 aromatic heterocycles. The summed E-state index contributed by atoms with van der Waals surface area (Å²) in [6.07, 6.45) is 3.70. The van der Waals surface area contributed by atoms with Crippen molar-refractivity contribution >= 4 is 0 Å². The zero-order valence-corrected chi connectivity index (χ0v) is 11.3. The van der Waals surface area contributed by atoms with Gasteiger partial charge < -0.3 is 10.2 Å². The van der Waals surface area contributed by atoms with Crippen molar-refractivity contribution in [2.24, 2.45) is 0 Å². The quantitative estimate of drug-likeness (QED) is 0.903. The Kier molecular flexibility index (Phi) is 4.89. The Labute approximate surface area is 114 Å². The third kappa shape index (κ3) is 4.02. The molecule has 0 saturated carbocycles. The maximum atomic E-state index is 13.7. The van der Waals surface area contributed by atoms with Gasteiger partial charge in [0.05, 0.1) is 11.6 Å². The number of nitrogens with zero attached hydrogens (tertiary/aromatic N) is 2. The van der Waals surface area contributed by atoms with E-state index in [-0.39, 0.29) is 5.82 Å². The smallest absolute Gasteiger partial charge is 0.127 e.